The van der Waals surface area contributed by atoms with E-state index < -0.39 is 17.9 Å². The zero-order valence-corrected chi connectivity index (χ0v) is 9.96. The van der Waals surface area contributed by atoms with Crippen LogP contribution < -0.4 is 10.8 Å². The summed E-state index contributed by atoms with van der Waals surface area (Å²) in [6.07, 6.45) is 0.0263. The number of carbonyl (C=O) groups excluding carboxylic acids is 2. The Balaban J connectivity index is 0.000000494. The number of rotatable bonds is 3. The van der Waals surface area contributed by atoms with Crippen LogP contribution in [0.1, 0.15) is 6.92 Å². The maximum Gasteiger partial charge on any atom is 0.257 e. The molecule has 0 bridgehead atoms. The number of carbonyl (C=O) groups is 2. The third-order valence-corrected chi connectivity index (χ3v) is 1.69. The largest absolute Gasteiger partial charge is 0.379 e. The molecule has 2 amide bonds. The predicted octanol–water partition coefficient (Wildman–Crippen LogP) is 0.684. The predicted molar refractivity (Wildman–Crippen MR) is 66.9 cm³/mol. The van der Waals surface area contributed by atoms with E-state index in [9.17, 15) is 9.59 Å². The number of hydrogen-bond acceptors (Lipinski definition) is 4. The number of para-hydroxylation sites is 1. The van der Waals surface area contributed by atoms with Crippen LogP contribution in [-0.4, -0.2) is 28.2 Å². The summed E-state index contributed by atoms with van der Waals surface area (Å²) in [4.78, 5) is 20.6. The minimum absolute atomic E-state index is 0.440. The van der Waals surface area contributed by atoms with E-state index in [1.807, 2.05) is 6.07 Å². The molecule has 6 heteroatoms. The number of anilines is 1. The average Bonchev–Trinajstić information content (AvgIpc) is 2.39. The molecular weight excluding hydrogens is 236 g/mol. The fourth-order valence-electron chi connectivity index (χ4n) is 0.845. The third kappa shape index (κ3) is 7.15. The lowest BCUT2D eigenvalue weighted by Gasteiger charge is -2.06. The molecule has 98 valence electrons. The Labute approximate surface area is 105 Å². The highest BCUT2D eigenvalue weighted by Crippen LogP contribution is 2.05. The second-order valence-electron chi connectivity index (χ2n) is 3.20. The summed E-state index contributed by atoms with van der Waals surface area (Å²) in [7, 11) is 0. The van der Waals surface area contributed by atoms with Crippen LogP contribution in [-0.2, 0) is 9.59 Å². The van der Waals surface area contributed by atoms with Crippen molar-refractivity contribution in [2.45, 2.75) is 13.0 Å². The molecule has 0 aliphatic heterocycles. The van der Waals surface area contributed by atoms with Crippen molar-refractivity contribution in [3.8, 4) is 0 Å². The van der Waals surface area contributed by atoms with Gasteiger partial charge in [-0.25, -0.2) is 5.48 Å². The van der Waals surface area contributed by atoms with Crippen LogP contribution in [0.2, 0.25) is 0 Å². The van der Waals surface area contributed by atoms with Gasteiger partial charge in [-0.05, 0) is 12.1 Å². The highest BCUT2D eigenvalue weighted by atomic mass is 16.5. The maximum atomic E-state index is 11.1. The van der Waals surface area contributed by atoms with E-state index in [1.54, 1.807) is 24.3 Å². The molecule has 0 aliphatic carbocycles. The van der Waals surface area contributed by atoms with Crippen LogP contribution in [0.25, 0.3) is 0 Å². The number of aliphatic hydroxyl groups is 1. The van der Waals surface area contributed by atoms with E-state index in [0.717, 1.165) is 0 Å². The lowest BCUT2D eigenvalue weighted by Crippen LogP contribution is -2.25. The fraction of sp³-hybridized carbons (Fsp3) is 0.167. The standard InChI is InChI=1S/C10H11NO2.C2H5NO2/c1-2-9(12)10(13)11-8-6-4-3-5-7-8;1-2(4)3-5/h2-7,9,12H,1H2,(H,11,13);5H,1H3,(H,3,4). The van der Waals surface area contributed by atoms with E-state index in [-0.39, 0.29) is 0 Å². The SMILES string of the molecule is C=CC(O)C(=O)Nc1ccccc1.CC(=O)NO. The van der Waals surface area contributed by atoms with Gasteiger partial charge in [0.05, 0.1) is 0 Å². The van der Waals surface area contributed by atoms with Gasteiger partial charge in [0.1, 0.15) is 0 Å². The van der Waals surface area contributed by atoms with Gasteiger partial charge in [0.15, 0.2) is 6.10 Å². The van der Waals surface area contributed by atoms with Crippen molar-refractivity contribution >= 4 is 17.5 Å². The number of hydrogen-bond donors (Lipinski definition) is 4. The molecule has 18 heavy (non-hydrogen) atoms. The number of benzene rings is 1. The van der Waals surface area contributed by atoms with Gasteiger partial charge in [0.25, 0.3) is 5.91 Å². The first-order chi connectivity index (χ1) is 8.51. The Morgan fingerprint density at radius 3 is 2.22 bits per heavy atom. The molecule has 4 N–H and O–H groups in total. The Morgan fingerprint density at radius 2 is 1.83 bits per heavy atom. The van der Waals surface area contributed by atoms with E-state index in [2.05, 4.69) is 11.9 Å². The lowest BCUT2D eigenvalue weighted by molar-refractivity contribution is -0.126. The molecule has 6 nitrogen and oxygen atoms in total. The van der Waals surface area contributed by atoms with Gasteiger partial charge in [-0.3, -0.25) is 14.8 Å². The van der Waals surface area contributed by atoms with Gasteiger partial charge >= 0.3 is 0 Å². The third-order valence-electron chi connectivity index (χ3n) is 1.69. The van der Waals surface area contributed by atoms with Gasteiger partial charge in [-0.1, -0.05) is 30.9 Å². The summed E-state index contributed by atoms with van der Waals surface area (Å²) in [5.74, 6) is -0.911. The van der Waals surface area contributed by atoms with Crippen LogP contribution in [0.4, 0.5) is 5.69 Å². The Kier molecular flexibility index (Phi) is 7.83. The number of amides is 2. The molecule has 1 aromatic carbocycles. The second-order valence-corrected chi connectivity index (χ2v) is 3.20. The van der Waals surface area contributed by atoms with Crippen LogP contribution in [0.15, 0.2) is 43.0 Å². The van der Waals surface area contributed by atoms with Gasteiger partial charge in [-0.15, -0.1) is 0 Å². The molecule has 1 atom stereocenters. The summed E-state index contributed by atoms with van der Waals surface area (Å²) >= 11 is 0. The molecule has 1 aromatic rings. The average molecular weight is 252 g/mol. The molecule has 0 fully saturated rings. The topological polar surface area (TPSA) is 98.7 Å². The van der Waals surface area contributed by atoms with Gasteiger partial charge in [0, 0.05) is 12.6 Å². The van der Waals surface area contributed by atoms with Crippen LogP contribution in [0, 0.1) is 0 Å². The molecule has 0 aromatic heterocycles. The summed E-state index contributed by atoms with van der Waals surface area (Å²) < 4.78 is 0. The van der Waals surface area contributed by atoms with Crippen LogP contribution >= 0.6 is 0 Å². The second kappa shape index (κ2) is 8.91. The Bertz CT molecular complexity index is 392. The first-order valence-corrected chi connectivity index (χ1v) is 5.08. The number of nitrogens with one attached hydrogen (secondary N) is 2. The van der Waals surface area contributed by atoms with Crippen molar-refractivity contribution in [1.29, 1.82) is 0 Å². The highest BCUT2D eigenvalue weighted by Gasteiger charge is 2.09. The maximum absolute atomic E-state index is 11.1. The Hall–Kier alpha value is -2.18. The van der Waals surface area contributed by atoms with Crippen molar-refractivity contribution < 1.29 is 19.9 Å². The molecule has 0 spiro atoms. The molecule has 0 saturated heterocycles. The summed E-state index contributed by atoms with van der Waals surface area (Å²) in [5, 5.41) is 19.1. The first kappa shape index (κ1) is 15.8. The number of aliphatic hydroxyl groups excluding tert-OH is 1. The first-order valence-electron chi connectivity index (χ1n) is 5.08. The lowest BCUT2D eigenvalue weighted by atomic mass is 10.3. The van der Waals surface area contributed by atoms with Crippen LogP contribution in [0.5, 0.6) is 0 Å². The minimum atomic E-state index is -1.15. The summed E-state index contributed by atoms with van der Waals surface area (Å²) in [6, 6.07) is 8.94. The normalized spacial score (nSPS) is 10.4. The highest BCUT2D eigenvalue weighted by molar-refractivity contribution is 5.95. The summed E-state index contributed by atoms with van der Waals surface area (Å²) in [5.41, 5.74) is 2.05. The van der Waals surface area contributed by atoms with Crippen molar-refractivity contribution in [2.24, 2.45) is 0 Å². The van der Waals surface area contributed by atoms with Crippen molar-refractivity contribution in [1.82, 2.24) is 5.48 Å². The van der Waals surface area contributed by atoms with Crippen molar-refractivity contribution in [3.63, 3.8) is 0 Å². The van der Waals surface area contributed by atoms with E-state index in [0.29, 0.717) is 5.69 Å². The monoisotopic (exact) mass is 252 g/mol. The van der Waals surface area contributed by atoms with E-state index in [1.165, 1.54) is 18.5 Å². The molecule has 0 aliphatic rings. The van der Waals surface area contributed by atoms with Crippen molar-refractivity contribution in [3.05, 3.63) is 43.0 Å². The Morgan fingerprint density at radius 1 is 1.33 bits per heavy atom. The zero-order valence-electron chi connectivity index (χ0n) is 9.96. The summed E-state index contributed by atoms with van der Waals surface area (Å²) in [6.45, 7) is 4.53. The van der Waals surface area contributed by atoms with Crippen molar-refractivity contribution in [2.75, 3.05) is 5.32 Å². The van der Waals surface area contributed by atoms with E-state index >= 15 is 0 Å². The van der Waals surface area contributed by atoms with Gasteiger partial charge in [0.2, 0.25) is 5.91 Å². The minimum Gasteiger partial charge on any atom is -0.379 e. The van der Waals surface area contributed by atoms with E-state index in [4.69, 9.17) is 10.3 Å². The quantitative estimate of drug-likeness (QED) is 0.361. The molecule has 0 heterocycles. The number of hydroxylamine groups is 1. The van der Waals surface area contributed by atoms with Gasteiger partial charge < -0.3 is 10.4 Å². The zero-order chi connectivity index (χ0) is 14.0. The molecule has 1 unspecified atom stereocenters. The molecule has 0 saturated carbocycles. The fourth-order valence-corrected chi connectivity index (χ4v) is 0.845. The molecule has 0 radical (unpaired) electrons. The van der Waals surface area contributed by atoms with Crippen LogP contribution in [0.3, 0.4) is 0 Å². The van der Waals surface area contributed by atoms with Gasteiger partial charge in [-0.2, -0.15) is 0 Å². The smallest absolute Gasteiger partial charge is 0.257 e. The molecule has 1 rings (SSSR count). The molecular formula is C12H16N2O4.